The van der Waals surface area contributed by atoms with E-state index in [0.29, 0.717) is 5.20 Å². The van der Waals surface area contributed by atoms with Gasteiger partial charge in [-0.25, -0.2) is 0 Å². The summed E-state index contributed by atoms with van der Waals surface area (Å²) in [5.74, 6) is 0. The quantitative estimate of drug-likeness (QED) is 0.521. The maximum atomic E-state index is 8.72. The van der Waals surface area contributed by atoms with E-state index < -0.39 is 0 Å². The lowest BCUT2D eigenvalue weighted by Crippen LogP contribution is -1.55. The summed E-state index contributed by atoms with van der Waals surface area (Å²) in [6.45, 7) is 0. The number of benzene rings is 1. The Kier molecular flexibility index (Phi) is 6.86. The number of carbonyl (C=O) groups is 1. The molecule has 0 radical (unpaired) electrons. The van der Waals surface area contributed by atoms with Crippen molar-refractivity contribution < 1.29 is 4.79 Å². The molecule has 0 aromatic heterocycles. The Morgan fingerprint density at radius 2 is 1.60 bits per heavy atom. The molecule has 1 aromatic rings. The Bertz CT molecular complexity index is 174. The fourth-order valence-electron chi connectivity index (χ4n) is 0.415. The number of halogens is 2. The van der Waals surface area contributed by atoms with E-state index in [4.69, 9.17) is 4.79 Å². The summed E-state index contributed by atoms with van der Waals surface area (Å²) in [7, 11) is 0. The first-order valence-electron chi connectivity index (χ1n) is 2.55. The molecule has 54 valence electrons. The number of hydrogen-bond donors (Lipinski definition) is 0. The van der Waals surface area contributed by atoms with Crippen molar-refractivity contribution in [1.82, 2.24) is 0 Å². The Morgan fingerprint density at radius 1 is 1.20 bits per heavy atom. The van der Waals surface area contributed by atoms with Crippen molar-refractivity contribution in [2.45, 2.75) is 0 Å². The van der Waals surface area contributed by atoms with Crippen molar-refractivity contribution in [3.63, 3.8) is 0 Å². The summed E-state index contributed by atoms with van der Waals surface area (Å²) in [4.78, 5) is 8.72. The fourth-order valence-corrected chi connectivity index (χ4v) is 0.720. The SMILES string of the molecule is Brc1ccccc1.O=CBr. The molecule has 3 heteroatoms. The molecule has 0 saturated carbocycles. The summed E-state index contributed by atoms with van der Waals surface area (Å²) < 4.78 is 1.13. The third-order valence-corrected chi connectivity index (χ3v) is 1.26. The maximum absolute atomic E-state index is 8.72. The third-order valence-electron chi connectivity index (χ3n) is 0.733. The molecule has 1 nitrogen and oxygen atoms in total. The van der Waals surface area contributed by atoms with E-state index in [1.54, 1.807) is 0 Å². The van der Waals surface area contributed by atoms with Gasteiger partial charge in [0.2, 0.25) is 0 Å². The highest BCUT2D eigenvalue weighted by Crippen LogP contribution is 2.05. The van der Waals surface area contributed by atoms with Crippen LogP contribution >= 0.6 is 31.9 Å². The second kappa shape index (κ2) is 6.96. The first-order chi connectivity index (χ1) is 4.81. The largest absolute Gasteiger partial charge is 0.290 e. The van der Waals surface area contributed by atoms with Crippen molar-refractivity contribution in [2.75, 3.05) is 0 Å². The van der Waals surface area contributed by atoms with Crippen LogP contribution in [0.1, 0.15) is 0 Å². The summed E-state index contributed by atoms with van der Waals surface area (Å²) in [5, 5.41) is 0.562. The molecule has 0 saturated heterocycles. The molecule has 0 unspecified atom stereocenters. The number of carbonyl (C=O) groups excluding carboxylic acids is 1. The van der Waals surface area contributed by atoms with E-state index in [-0.39, 0.29) is 0 Å². The minimum absolute atomic E-state index is 0.562. The molecule has 0 atom stereocenters. The Labute approximate surface area is 76.7 Å². The van der Waals surface area contributed by atoms with E-state index in [1.165, 1.54) is 0 Å². The van der Waals surface area contributed by atoms with Crippen LogP contribution in [-0.4, -0.2) is 5.20 Å². The number of rotatable bonds is 0. The van der Waals surface area contributed by atoms with E-state index in [1.807, 2.05) is 30.3 Å². The van der Waals surface area contributed by atoms with Crippen LogP contribution in [0.25, 0.3) is 0 Å². The predicted molar refractivity (Wildman–Crippen MR) is 49.8 cm³/mol. The molecule has 0 N–H and O–H groups in total. The fraction of sp³-hybridized carbons (Fsp3) is 0. The Balaban J connectivity index is 0.000000236. The van der Waals surface area contributed by atoms with Gasteiger partial charge in [0.25, 0.3) is 0 Å². The molecular formula is C7H6Br2O. The summed E-state index contributed by atoms with van der Waals surface area (Å²) in [5.41, 5.74) is 0. The molecule has 0 bridgehead atoms. The highest BCUT2D eigenvalue weighted by Gasteiger charge is 1.74. The minimum Gasteiger partial charge on any atom is -0.290 e. The predicted octanol–water partition coefficient (Wildman–Crippen LogP) is 3.02. The topological polar surface area (TPSA) is 17.1 Å². The maximum Gasteiger partial charge on any atom is 0.185 e. The molecular weight excluding hydrogens is 260 g/mol. The van der Waals surface area contributed by atoms with Crippen LogP contribution in [0.3, 0.4) is 0 Å². The van der Waals surface area contributed by atoms with Gasteiger partial charge < -0.3 is 0 Å². The van der Waals surface area contributed by atoms with Gasteiger partial charge in [-0.2, -0.15) is 0 Å². The van der Waals surface area contributed by atoms with E-state index >= 15 is 0 Å². The van der Waals surface area contributed by atoms with Crippen molar-refractivity contribution in [3.8, 4) is 0 Å². The third kappa shape index (κ3) is 5.98. The normalized spacial score (nSPS) is 7.40. The van der Waals surface area contributed by atoms with Gasteiger partial charge in [-0.3, -0.25) is 4.79 Å². The molecule has 0 amide bonds. The summed E-state index contributed by atoms with van der Waals surface area (Å²) in [6, 6.07) is 9.97. The van der Waals surface area contributed by atoms with Gasteiger partial charge in [-0.05, 0) is 28.1 Å². The van der Waals surface area contributed by atoms with Crippen LogP contribution in [-0.2, 0) is 4.79 Å². The molecule has 0 fully saturated rings. The van der Waals surface area contributed by atoms with Crippen molar-refractivity contribution in [3.05, 3.63) is 34.8 Å². The Morgan fingerprint density at radius 3 is 1.80 bits per heavy atom. The van der Waals surface area contributed by atoms with Crippen molar-refractivity contribution >= 4 is 37.1 Å². The summed E-state index contributed by atoms with van der Waals surface area (Å²) >= 11 is 5.78. The molecule has 0 spiro atoms. The van der Waals surface area contributed by atoms with Crippen LogP contribution in [0.15, 0.2) is 34.8 Å². The van der Waals surface area contributed by atoms with E-state index in [2.05, 4.69) is 31.9 Å². The average molecular weight is 266 g/mol. The van der Waals surface area contributed by atoms with Gasteiger partial charge in [0, 0.05) is 4.47 Å². The molecule has 0 aliphatic heterocycles. The molecule has 0 aliphatic carbocycles. The smallest absolute Gasteiger partial charge is 0.185 e. The lowest BCUT2D eigenvalue weighted by Gasteiger charge is -1.80. The van der Waals surface area contributed by atoms with Crippen LogP contribution < -0.4 is 0 Å². The van der Waals surface area contributed by atoms with Gasteiger partial charge >= 0.3 is 0 Å². The van der Waals surface area contributed by atoms with Crippen LogP contribution in [0, 0.1) is 0 Å². The Hall–Kier alpha value is -0.150. The second-order valence-corrected chi connectivity index (χ2v) is 2.67. The zero-order chi connectivity index (χ0) is 7.82. The van der Waals surface area contributed by atoms with Crippen molar-refractivity contribution in [1.29, 1.82) is 0 Å². The standard InChI is InChI=1S/C6H5Br.CHBrO/c7-6-4-2-1-3-5-6;2-1-3/h1-5H;1H. The lowest BCUT2D eigenvalue weighted by molar-refractivity contribution is 0.571. The monoisotopic (exact) mass is 264 g/mol. The second-order valence-electron chi connectivity index (χ2n) is 1.38. The number of hydrogen-bond acceptors (Lipinski definition) is 1. The summed E-state index contributed by atoms with van der Waals surface area (Å²) in [6.07, 6.45) is 0. The first kappa shape index (κ1) is 9.85. The highest BCUT2D eigenvalue weighted by atomic mass is 79.9. The van der Waals surface area contributed by atoms with Gasteiger partial charge in [0.15, 0.2) is 5.20 Å². The molecule has 10 heavy (non-hydrogen) atoms. The van der Waals surface area contributed by atoms with E-state index in [0.717, 1.165) is 4.47 Å². The average Bonchev–Trinajstić information content (AvgIpc) is 1.91. The van der Waals surface area contributed by atoms with Gasteiger partial charge in [0.1, 0.15) is 0 Å². The minimum atomic E-state index is 0.562. The van der Waals surface area contributed by atoms with Gasteiger partial charge in [-0.15, -0.1) is 0 Å². The molecule has 1 aromatic carbocycles. The zero-order valence-corrected chi connectivity index (χ0v) is 8.30. The van der Waals surface area contributed by atoms with Crippen LogP contribution in [0.5, 0.6) is 0 Å². The van der Waals surface area contributed by atoms with Crippen molar-refractivity contribution in [2.24, 2.45) is 0 Å². The van der Waals surface area contributed by atoms with Crippen LogP contribution in [0.2, 0.25) is 0 Å². The van der Waals surface area contributed by atoms with E-state index in [9.17, 15) is 0 Å². The van der Waals surface area contributed by atoms with Gasteiger partial charge in [0.05, 0.1) is 0 Å². The molecule has 0 aliphatic rings. The van der Waals surface area contributed by atoms with Crippen LogP contribution in [0.4, 0.5) is 0 Å². The molecule has 1 rings (SSSR count). The zero-order valence-electron chi connectivity index (χ0n) is 5.13. The first-order valence-corrected chi connectivity index (χ1v) is 4.26. The molecule has 0 heterocycles. The highest BCUT2D eigenvalue weighted by molar-refractivity contribution is 9.17. The lowest BCUT2D eigenvalue weighted by atomic mass is 10.4. The van der Waals surface area contributed by atoms with Gasteiger partial charge in [-0.1, -0.05) is 34.1 Å².